The normalized spacial score (nSPS) is 12.8. The van der Waals surface area contributed by atoms with Crippen LogP contribution >= 0.6 is 0 Å². The molecule has 1 amide bonds. The van der Waals surface area contributed by atoms with Crippen LogP contribution in [0.5, 0.6) is 0 Å². The molecular formula is C14H17F2NO3. The molecule has 2 N–H and O–H groups in total. The van der Waals surface area contributed by atoms with Crippen LogP contribution in [0.25, 0.3) is 0 Å². The van der Waals surface area contributed by atoms with E-state index in [1.807, 2.05) is 0 Å². The molecule has 0 radical (unpaired) electrons. The first-order valence-corrected chi connectivity index (χ1v) is 6.07. The molecule has 0 bridgehead atoms. The number of nitrogens with one attached hydrogen (secondary N) is 1. The zero-order chi connectivity index (χ0) is 15.5. The van der Waals surface area contributed by atoms with Gasteiger partial charge in [-0.15, -0.1) is 0 Å². The van der Waals surface area contributed by atoms with Crippen LogP contribution < -0.4 is 5.32 Å². The van der Waals surface area contributed by atoms with Crippen LogP contribution in [-0.4, -0.2) is 17.0 Å². The third-order valence-corrected chi connectivity index (χ3v) is 2.83. The minimum atomic E-state index is -1.22. The van der Waals surface area contributed by atoms with Crippen molar-refractivity contribution < 1.29 is 23.5 Å². The Bertz CT molecular complexity index is 524. The standard InChI is InChI=1S/C14H17F2NO3/c1-14(2,3)11(13(19)20)12(18)17-7-8-4-5-9(15)10(16)6-8/h4-6,11H,7H2,1-3H3,(H,17,18)(H,19,20). The summed E-state index contributed by atoms with van der Waals surface area (Å²) in [7, 11) is 0. The highest BCUT2D eigenvalue weighted by Gasteiger charge is 2.37. The van der Waals surface area contributed by atoms with Gasteiger partial charge in [0.15, 0.2) is 11.6 Å². The average molecular weight is 285 g/mol. The number of hydrogen-bond donors (Lipinski definition) is 2. The Balaban J connectivity index is 2.75. The van der Waals surface area contributed by atoms with Crippen molar-refractivity contribution in [1.82, 2.24) is 5.32 Å². The van der Waals surface area contributed by atoms with Gasteiger partial charge in [0.2, 0.25) is 5.91 Å². The lowest BCUT2D eigenvalue weighted by Crippen LogP contribution is -2.42. The number of hydrogen-bond acceptors (Lipinski definition) is 2. The highest BCUT2D eigenvalue weighted by atomic mass is 19.2. The molecule has 0 aromatic heterocycles. The van der Waals surface area contributed by atoms with Gasteiger partial charge >= 0.3 is 5.97 Å². The van der Waals surface area contributed by atoms with Gasteiger partial charge in [0, 0.05) is 6.54 Å². The number of carbonyl (C=O) groups excluding carboxylic acids is 1. The molecule has 1 rings (SSSR count). The van der Waals surface area contributed by atoms with E-state index in [0.29, 0.717) is 5.56 Å². The summed E-state index contributed by atoms with van der Waals surface area (Å²) in [5, 5.41) is 11.5. The lowest BCUT2D eigenvalue weighted by atomic mass is 9.80. The topological polar surface area (TPSA) is 66.4 Å². The van der Waals surface area contributed by atoms with Crippen LogP contribution in [0.3, 0.4) is 0 Å². The lowest BCUT2D eigenvalue weighted by molar-refractivity contribution is -0.151. The number of amides is 1. The first-order chi connectivity index (χ1) is 9.12. The Morgan fingerprint density at radius 2 is 1.85 bits per heavy atom. The van der Waals surface area contributed by atoms with Gasteiger partial charge in [-0.2, -0.15) is 0 Å². The predicted octanol–water partition coefficient (Wildman–Crippen LogP) is 2.33. The Morgan fingerprint density at radius 3 is 2.30 bits per heavy atom. The number of carbonyl (C=O) groups is 2. The van der Waals surface area contributed by atoms with Crippen molar-refractivity contribution in [1.29, 1.82) is 0 Å². The van der Waals surface area contributed by atoms with Gasteiger partial charge in [-0.3, -0.25) is 9.59 Å². The van der Waals surface area contributed by atoms with Crippen molar-refractivity contribution in [2.45, 2.75) is 27.3 Å². The summed E-state index contributed by atoms with van der Waals surface area (Å²) in [5.74, 6) is -5.08. The van der Waals surface area contributed by atoms with E-state index in [2.05, 4.69) is 5.32 Å². The van der Waals surface area contributed by atoms with E-state index in [9.17, 15) is 18.4 Å². The van der Waals surface area contributed by atoms with Crippen LogP contribution in [0, 0.1) is 23.0 Å². The second kappa shape index (κ2) is 5.98. The number of aliphatic carboxylic acids is 1. The fraction of sp³-hybridized carbons (Fsp3) is 0.429. The van der Waals surface area contributed by atoms with Crippen molar-refractivity contribution in [2.75, 3.05) is 0 Å². The molecule has 0 spiro atoms. The monoisotopic (exact) mass is 285 g/mol. The largest absolute Gasteiger partial charge is 0.481 e. The minimum Gasteiger partial charge on any atom is -0.481 e. The smallest absolute Gasteiger partial charge is 0.316 e. The molecule has 110 valence electrons. The van der Waals surface area contributed by atoms with E-state index >= 15 is 0 Å². The van der Waals surface area contributed by atoms with E-state index < -0.39 is 34.8 Å². The van der Waals surface area contributed by atoms with Crippen molar-refractivity contribution in [3.63, 3.8) is 0 Å². The molecule has 0 aliphatic heterocycles. The van der Waals surface area contributed by atoms with E-state index in [-0.39, 0.29) is 6.54 Å². The van der Waals surface area contributed by atoms with Crippen molar-refractivity contribution in [3.05, 3.63) is 35.4 Å². The number of rotatable bonds is 4. The molecule has 0 aliphatic carbocycles. The molecule has 1 unspecified atom stereocenters. The summed E-state index contributed by atoms with van der Waals surface area (Å²) >= 11 is 0. The van der Waals surface area contributed by atoms with E-state index in [0.717, 1.165) is 12.1 Å². The highest BCUT2D eigenvalue weighted by Crippen LogP contribution is 2.26. The third kappa shape index (κ3) is 4.01. The number of carboxylic acid groups (broad SMARTS) is 1. The number of halogens is 2. The SMILES string of the molecule is CC(C)(C)C(C(=O)O)C(=O)NCc1ccc(F)c(F)c1. The highest BCUT2D eigenvalue weighted by molar-refractivity contribution is 5.97. The van der Waals surface area contributed by atoms with Gasteiger partial charge in [-0.1, -0.05) is 26.8 Å². The number of carboxylic acids is 1. The van der Waals surface area contributed by atoms with Crippen LogP contribution in [0.1, 0.15) is 26.3 Å². The van der Waals surface area contributed by atoms with Crippen LogP contribution in [-0.2, 0) is 16.1 Å². The van der Waals surface area contributed by atoms with Crippen molar-refractivity contribution in [3.8, 4) is 0 Å². The van der Waals surface area contributed by atoms with Crippen LogP contribution in [0.4, 0.5) is 8.78 Å². The molecular weight excluding hydrogens is 268 g/mol. The van der Waals surface area contributed by atoms with Gasteiger partial charge in [0.1, 0.15) is 5.92 Å². The summed E-state index contributed by atoms with van der Waals surface area (Å²) < 4.78 is 25.7. The Morgan fingerprint density at radius 1 is 1.25 bits per heavy atom. The summed E-state index contributed by atoms with van der Waals surface area (Å²) in [6, 6.07) is 3.24. The van der Waals surface area contributed by atoms with Gasteiger partial charge < -0.3 is 10.4 Å². The predicted molar refractivity (Wildman–Crippen MR) is 68.8 cm³/mol. The van der Waals surface area contributed by atoms with Crippen LogP contribution in [0.15, 0.2) is 18.2 Å². The first kappa shape index (κ1) is 16.1. The van der Waals surface area contributed by atoms with Gasteiger partial charge in [-0.05, 0) is 23.1 Å². The number of benzene rings is 1. The maximum absolute atomic E-state index is 13.0. The molecule has 1 aromatic carbocycles. The van der Waals surface area contributed by atoms with Gasteiger partial charge in [0.25, 0.3) is 0 Å². The van der Waals surface area contributed by atoms with E-state index in [4.69, 9.17) is 5.11 Å². The molecule has 0 heterocycles. The first-order valence-electron chi connectivity index (χ1n) is 6.07. The Hall–Kier alpha value is -1.98. The summed E-state index contributed by atoms with van der Waals surface area (Å²) in [6.45, 7) is 4.87. The summed E-state index contributed by atoms with van der Waals surface area (Å²) in [6.07, 6.45) is 0. The van der Waals surface area contributed by atoms with E-state index in [1.165, 1.54) is 6.07 Å². The maximum atomic E-state index is 13.0. The fourth-order valence-electron chi connectivity index (χ4n) is 1.82. The summed E-state index contributed by atoms with van der Waals surface area (Å²) in [4.78, 5) is 23.0. The lowest BCUT2D eigenvalue weighted by Gasteiger charge is -2.25. The zero-order valence-electron chi connectivity index (χ0n) is 11.5. The third-order valence-electron chi connectivity index (χ3n) is 2.83. The van der Waals surface area contributed by atoms with Gasteiger partial charge in [0.05, 0.1) is 0 Å². The molecule has 6 heteroatoms. The molecule has 0 saturated heterocycles. The van der Waals surface area contributed by atoms with Crippen LogP contribution in [0.2, 0.25) is 0 Å². The van der Waals surface area contributed by atoms with E-state index in [1.54, 1.807) is 20.8 Å². The quantitative estimate of drug-likeness (QED) is 0.834. The Labute approximate surface area is 115 Å². The molecule has 20 heavy (non-hydrogen) atoms. The molecule has 0 aliphatic rings. The fourth-order valence-corrected chi connectivity index (χ4v) is 1.82. The maximum Gasteiger partial charge on any atom is 0.316 e. The molecule has 0 saturated carbocycles. The second-order valence-electron chi connectivity index (χ2n) is 5.60. The van der Waals surface area contributed by atoms with Crippen molar-refractivity contribution >= 4 is 11.9 Å². The zero-order valence-corrected chi connectivity index (χ0v) is 11.5. The van der Waals surface area contributed by atoms with Gasteiger partial charge in [-0.25, -0.2) is 8.78 Å². The summed E-state index contributed by atoms with van der Waals surface area (Å²) in [5.41, 5.74) is -0.389. The molecule has 1 atom stereocenters. The minimum absolute atomic E-state index is 0.0596. The molecule has 1 aromatic rings. The van der Waals surface area contributed by atoms with Crippen molar-refractivity contribution in [2.24, 2.45) is 11.3 Å². The molecule has 0 fully saturated rings. The Kier molecular flexibility index (Phi) is 4.81. The molecule has 4 nitrogen and oxygen atoms in total. The average Bonchev–Trinajstić information content (AvgIpc) is 2.28. The second-order valence-corrected chi connectivity index (χ2v) is 5.60.